The van der Waals surface area contributed by atoms with Gasteiger partial charge in [0, 0.05) is 39.0 Å². The number of hydrogen-bond donors (Lipinski definition) is 0. The average Bonchev–Trinajstić information content (AvgIpc) is 2.85. The van der Waals surface area contributed by atoms with Gasteiger partial charge in [0.25, 0.3) is 5.92 Å². The number of nitrogens with zero attached hydrogens (tertiary/aromatic N) is 2. The van der Waals surface area contributed by atoms with Gasteiger partial charge in [-0.15, -0.1) is 0 Å². The first-order valence-corrected chi connectivity index (χ1v) is 7.91. The van der Waals surface area contributed by atoms with Gasteiger partial charge in [-0.25, -0.2) is 8.78 Å². The van der Waals surface area contributed by atoms with Crippen molar-refractivity contribution in [2.24, 2.45) is 17.8 Å². The zero-order chi connectivity index (χ0) is 13.5. The van der Waals surface area contributed by atoms with Crippen LogP contribution in [0, 0.1) is 17.8 Å². The van der Waals surface area contributed by atoms with Crippen molar-refractivity contribution in [1.29, 1.82) is 0 Å². The number of rotatable bonds is 5. The first-order valence-electron chi connectivity index (χ1n) is 7.91. The van der Waals surface area contributed by atoms with E-state index in [1.54, 1.807) is 0 Å². The molecule has 4 heteroatoms. The van der Waals surface area contributed by atoms with E-state index in [9.17, 15) is 8.78 Å². The molecule has 2 nitrogen and oxygen atoms in total. The first kappa shape index (κ1) is 13.7. The smallest absolute Gasteiger partial charge is 0.250 e. The van der Waals surface area contributed by atoms with Gasteiger partial charge in [-0.05, 0) is 37.3 Å². The zero-order valence-electron chi connectivity index (χ0n) is 12.0. The number of alkyl halides is 2. The van der Waals surface area contributed by atoms with Crippen molar-refractivity contribution in [1.82, 2.24) is 9.80 Å². The van der Waals surface area contributed by atoms with Gasteiger partial charge in [0.15, 0.2) is 0 Å². The molecule has 19 heavy (non-hydrogen) atoms. The fourth-order valence-electron chi connectivity index (χ4n) is 4.15. The average molecular weight is 272 g/mol. The molecule has 2 atom stereocenters. The standard InChI is InChI=1S/C15H26F2N2/c1-2-12-13-10-19(11-14(12)13)7-3-6-18-8-4-15(16,17)5-9-18/h12-14H,2-11H2,1H3. The number of fused-ring (bicyclic) bond motifs is 1. The van der Waals surface area contributed by atoms with E-state index in [4.69, 9.17) is 0 Å². The maximum Gasteiger partial charge on any atom is 0.250 e. The molecule has 0 aromatic heterocycles. The molecule has 3 rings (SSSR count). The lowest BCUT2D eigenvalue weighted by Crippen LogP contribution is -2.40. The van der Waals surface area contributed by atoms with Crippen molar-refractivity contribution in [3.63, 3.8) is 0 Å². The third kappa shape index (κ3) is 3.10. The Morgan fingerprint density at radius 2 is 1.58 bits per heavy atom. The summed E-state index contributed by atoms with van der Waals surface area (Å²) in [6.07, 6.45) is 2.60. The molecule has 1 aliphatic carbocycles. The Morgan fingerprint density at radius 3 is 2.16 bits per heavy atom. The fourth-order valence-corrected chi connectivity index (χ4v) is 4.15. The summed E-state index contributed by atoms with van der Waals surface area (Å²) < 4.78 is 26.1. The summed E-state index contributed by atoms with van der Waals surface area (Å²) in [4.78, 5) is 4.79. The Morgan fingerprint density at radius 1 is 1.00 bits per heavy atom. The summed E-state index contributed by atoms with van der Waals surface area (Å²) in [6.45, 7) is 8.21. The minimum absolute atomic E-state index is 0.0546. The van der Waals surface area contributed by atoms with Gasteiger partial charge < -0.3 is 9.80 Å². The number of piperidine rings is 2. The lowest BCUT2D eigenvalue weighted by atomic mass is 10.1. The quantitative estimate of drug-likeness (QED) is 0.759. The van der Waals surface area contributed by atoms with Crippen LogP contribution in [-0.2, 0) is 0 Å². The van der Waals surface area contributed by atoms with Crippen LogP contribution in [0.15, 0.2) is 0 Å². The van der Waals surface area contributed by atoms with Crippen LogP contribution in [0.25, 0.3) is 0 Å². The van der Waals surface area contributed by atoms with E-state index in [-0.39, 0.29) is 12.8 Å². The minimum atomic E-state index is -2.40. The molecule has 0 bridgehead atoms. The number of hydrogen-bond acceptors (Lipinski definition) is 2. The van der Waals surface area contributed by atoms with Crippen LogP contribution in [0.4, 0.5) is 8.78 Å². The highest BCUT2D eigenvalue weighted by Gasteiger charge is 2.53. The maximum atomic E-state index is 13.0. The molecule has 0 N–H and O–H groups in total. The van der Waals surface area contributed by atoms with Crippen LogP contribution in [0.1, 0.15) is 32.6 Å². The number of halogens is 2. The van der Waals surface area contributed by atoms with Gasteiger partial charge in [-0.3, -0.25) is 0 Å². The lowest BCUT2D eigenvalue weighted by molar-refractivity contribution is -0.0553. The van der Waals surface area contributed by atoms with E-state index in [2.05, 4.69) is 16.7 Å². The Bertz CT molecular complexity index is 299. The SMILES string of the molecule is CCC1C2CN(CCCN3CCC(F)(F)CC3)CC12. The first-order chi connectivity index (χ1) is 9.09. The predicted octanol–water partition coefficient (Wildman–Crippen LogP) is 2.70. The predicted molar refractivity (Wildman–Crippen MR) is 72.4 cm³/mol. The molecule has 0 spiro atoms. The molecule has 0 amide bonds. The summed E-state index contributed by atoms with van der Waals surface area (Å²) in [7, 11) is 0. The third-order valence-electron chi connectivity index (χ3n) is 5.45. The molecule has 2 aliphatic heterocycles. The molecule has 2 heterocycles. The lowest BCUT2D eigenvalue weighted by Gasteiger charge is -2.32. The molecule has 0 aromatic carbocycles. The Balaban J connectivity index is 1.28. The van der Waals surface area contributed by atoms with Crippen LogP contribution in [0.2, 0.25) is 0 Å². The number of likely N-dealkylation sites (tertiary alicyclic amines) is 2. The van der Waals surface area contributed by atoms with Crippen LogP contribution >= 0.6 is 0 Å². The van der Waals surface area contributed by atoms with Crippen molar-refractivity contribution < 1.29 is 8.78 Å². The molecule has 110 valence electrons. The third-order valence-corrected chi connectivity index (χ3v) is 5.45. The van der Waals surface area contributed by atoms with E-state index in [0.29, 0.717) is 13.1 Å². The van der Waals surface area contributed by atoms with E-state index in [1.165, 1.54) is 19.5 Å². The summed E-state index contributed by atoms with van der Waals surface area (Å²) in [5, 5.41) is 0. The van der Waals surface area contributed by atoms with Gasteiger partial charge >= 0.3 is 0 Å². The van der Waals surface area contributed by atoms with E-state index in [0.717, 1.165) is 37.3 Å². The molecule has 2 unspecified atom stereocenters. The van der Waals surface area contributed by atoms with Crippen LogP contribution < -0.4 is 0 Å². The van der Waals surface area contributed by atoms with Crippen LogP contribution in [0.5, 0.6) is 0 Å². The van der Waals surface area contributed by atoms with Crippen molar-refractivity contribution in [3.05, 3.63) is 0 Å². The van der Waals surface area contributed by atoms with Crippen LogP contribution in [-0.4, -0.2) is 55.0 Å². The summed E-state index contributed by atoms with van der Waals surface area (Å²) in [5.41, 5.74) is 0. The normalized spacial score (nSPS) is 38.4. The van der Waals surface area contributed by atoms with Crippen LogP contribution in [0.3, 0.4) is 0 Å². The molecule has 1 saturated carbocycles. The summed E-state index contributed by atoms with van der Waals surface area (Å²) in [6, 6.07) is 0. The fraction of sp³-hybridized carbons (Fsp3) is 1.00. The highest BCUT2D eigenvalue weighted by Crippen LogP contribution is 2.53. The second-order valence-electron chi connectivity index (χ2n) is 6.71. The molecule has 0 radical (unpaired) electrons. The molecule has 0 aromatic rings. The second-order valence-corrected chi connectivity index (χ2v) is 6.71. The van der Waals surface area contributed by atoms with Crippen molar-refractivity contribution in [2.45, 2.75) is 38.5 Å². The second kappa shape index (κ2) is 5.28. The minimum Gasteiger partial charge on any atom is -0.303 e. The van der Waals surface area contributed by atoms with E-state index < -0.39 is 5.92 Å². The zero-order valence-corrected chi connectivity index (χ0v) is 12.0. The topological polar surface area (TPSA) is 6.48 Å². The Hall–Kier alpha value is -0.220. The van der Waals surface area contributed by atoms with Gasteiger partial charge in [-0.2, -0.15) is 0 Å². The van der Waals surface area contributed by atoms with Crippen molar-refractivity contribution >= 4 is 0 Å². The Labute approximate surface area is 115 Å². The molecule has 3 aliphatic rings. The monoisotopic (exact) mass is 272 g/mol. The Kier molecular flexibility index (Phi) is 3.82. The highest BCUT2D eigenvalue weighted by molar-refractivity contribution is 5.04. The summed E-state index contributed by atoms with van der Waals surface area (Å²) >= 11 is 0. The van der Waals surface area contributed by atoms with Gasteiger partial charge in [-0.1, -0.05) is 13.3 Å². The molecule has 2 saturated heterocycles. The van der Waals surface area contributed by atoms with Crippen molar-refractivity contribution in [3.8, 4) is 0 Å². The van der Waals surface area contributed by atoms with Crippen molar-refractivity contribution in [2.75, 3.05) is 39.3 Å². The van der Waals surface area contributed by atoms with E-state index in [1.807, 2.05) is 0 Å². The molecule has 3 fully saturated rings. The van der Waals surface area contributed by atoms with Gasteiger partial charge in [0.05, 0.1) is 0 Å². The van der Waals surface area contributed by atoms with E-state index >= 15 is 0 Å². The maximum absolute atomic E-state index is 13.0. The van der Waals surface area contributed by atoms with Gasteiger partial charge in [0.1, 0.15) is 0 Å². The largest absolute Gasteiger partial charge is 0.303 e. The van der Waals surface area contributed by atoms with Gasteiger partial charge in [0.2, 0.25) is 0 Å². The molecular formula is C15H26F2N2. The summed E-state index contributed by atoms with van der Waals surface area (Å²) in [5.74, 6) is 0.583. The highest BCUT2D eigenvalue weighted by atomic mass is 19.3. The molecular weight excluding hydrogens is 246 g/mol.